The lowest BCUT2D eigenvalue weighted by Gasteiger charge is -2.31. The maximum absolute atomic E-state index is 13.0. The first-order valence-corrected chi connectivity index (χ1v) is 8.59. The third-order valence-corrected chi connectivity index (χ3v) is 4.59. The van der Waals surface area contributed by atoms with Crippen LogP contribution in [0.4, 0.5) is 5.69 Å². The number of anilines is 1. The van der Waals surface area contributed by atoms with E-state index in [1.807, 2.05) is 25.1 Å². The number of carbonyl (C=O) groups excluding carboxylic acids is 2. The lowest BCUT2D eigenvalue weighted by Crippen LogP contribution is -2.51. The molecule has 0 saturated heterocycles. The van der Waals surface area contributed by atoms with Gasteiger partial charge in [0.05, 0.1) is 0 Å². The van der Waals surface area contributed by atoms with Gasteiger partial charge in [0.25, 0.3) is 0 Å². The third-order valence-electron chi connectivity index (χ3n) is 4.59. The lowest BCUT2D eigenvalue weighted by molar-refractivity contribution is -0.139. The van der Waals surface area contributed by atoms with E-state index in [0.717, 1.165) is 31.4 Å². The van der Waals surface area contributed by atoms with E-state index >= 15 is 0 Å². The molecule has 0 aliphatic carbocycles. The number of hydrogen-bond acceptors (Lipinski definition) is 2. The molecule has 2 amide bonds. The molecule has 2 rings (SSSR count). The van der Waals surface area contributed by atoms with Gasteiger partial charge in [0.15, 0.2) is 0 Å². The number of nitrogens with one attached hydrogen (secondary N) is 1. The van der Waals surface area contributed by atoms with Crippen molar-refractivity contribution < 1.29 is 9.59 Å². The van der Waals surface area contributed by atoms with Gasteiger partial charge in [-0.15, -0.1) is 0 Å². The van der Waals surface area contributed by atoms with Crippen LogP contribution in [0.25, 0.3) is 0 Å². The fourth-order valence-electron chi connectivity index (χ4n) is 3.07. The number of rotatable bonds is 6. The van der Waals surface area contributed by atoms with Crippen molar-refractivity contribution in [1.82, 2.24) is 5.32 Å². The summed E-state index contributed by atoms with van der Waals surface area (Å²) in [7, 11) is 0. The number of amides is 2. The van der Waals surface area contributed by atoms with Crippen LogP contribution in [0.3, 0.4) is 0 Å². The van der Waals surface area contributed by atoms with E-state index < -0.39 is 5.41 Å². The Balaban J connectivity index is 2.10. The Morgan fingerprint density at radius 3 is 2.65 bits per heavy atom. The Bertz CT molecular complexity index is 580. The van der Waals surface area contributed by atoms with Gasteiger partial charge >= 0.3 is 0 Å². The second-order valence-electron chi connectivity index (χ2n) is 6.95. The van der Waals surface area contributed by atoms with E-state index in [-0.39, 0.29) is 17.9 Å². The van der Waals surface area contributed by atoms with Crippen molar-refractivity contribution >= 4 is 17.5 Å². The second kappa shape index (κ2) is 7.16. The van der Waals surface area contributed by atoms with Crippen molar-refractivity contribution in [3.8, 4) is 0 Å². The molecule has 1 aliphatic heterocycles. The highest BCUT2D eigenvalue weighted by Gasteiger charge is 2.43. The van der Waals surface area contributed by atoms with Crippen molar-refractivity contribution in [2.45, 2.75) is 59.4 Å². The summed E-state index contributed by atoms with van der Waals surface area (Å²) in [5.74, 6) is -0.307. The number of nitrogens with zero attached hydrogens (tertiary/aromatic N) is 1. The molecule has 1 heterocycles. The Morgan fingerprint density at radius 1 is 1.26 bits per heavy atom. The molecule has 0 fully saturated rings. The molecular weight excluding hydrogens is 288 g/mol. The zero-order valence-corrected chi connectivity index (χ0v) is 14.7. The van der Waals surface area contributed by atoms with E-state index in [2.05, 4.69) is 18.3 Å². The number of para-hydroxylation sites is 1. The van der Waals surface area contributed by atoms with Gasteiger partial charge in [0, 0.05) is 18.3 Å². The lowest BCUT2D eigenvalue weighted by atomic mass is 9.89. The molecule has 126 valence electrons. The zero-order valence-electron chi connectivity index (χ0n) is 14.7. The van der Waals surface area contributed by atoms with Crippen LogP contribution in [-0.2, 0) is 16.0 Å². The molecule has 1 atom stereocenters. The quantitative estimate of drug-likeness (QED) is 0.646. The molecule has 0 spiro atoms. The molecule has 1 aromatic carbocycles. The molecule has 0 aromatic heterocycles. The predicted molar refractivity (Wildman–Crippen MR) is 93.4 cm³/mol. The minimum absolute atomic E-state index is 0.0899. The Kier molecular flexibility index (Phi) is 5.45. The van der Waals surface area contributed by atoms with Crippen LogP contribution in [0, 0.1) is 5.41 Å². The Hall–Kier alpha value is -1.84. The molecule has 0 radical (unpaired) electrons. The molecule has 0 bridgehead atoms. The first-order valence-electron chi connectivity index (χ1n) is 8.59. The predicted octanol–water partition coefficient (Wildman–Crippen LogP) is 3.30. The van der Waals surface area contributed by atoms with Crippen LogP contribution in [0.5, 0.6) is 0 Å². The summed E-state index contributed by atoms with van der Waals surface area (Å²) in [6, 6.07) is 8.04. The summed E-state index contributed by atoms with van der Waals surface area (Å²) < 4.78 is 0. The van der Waals surface area contributed by atoms with Crippen molar-refractivity contribution in [3.63, 3.8) is 0 Å². The van der Waals surface area contributed by atoms with Gasteiger partial charge in [-0.2, -0.15) is 0 Å². The number of hydrogen-bond donors (Lipinski definition) is 1. The van der Waals surface area contributed by atoms with E-state index in [9.17, 15) is 9.59 Å². The average Bonchev–Trinajstić information content (AvgIpc) is 2.86. The van der Waals surface area contributed by atoms with E-state index in [4.69, 9.17) is 0 Å². The number of unbranched alkanes of at least 4 members (excludes halogenated alkanes) is 2. The molecule has 0 saturated carbocycles. The van der Waals surface area contributed by atoms with Crippen LogP contribution < -0.4 is 10.2 Å². The van der Waals surface area contributed by atoms with Gasteiger partial charge in [0.2, 0.25) is 11.8 Å². The summed E-state index contributed by atoms with van der Waals surface area (Å²) in [4.78, 5) is 27.3. The Labute approximate surface area is 139 Å². The van der Waals surface area contributed by atoms with E-state index in [1.165, 1.54) is 5.56 Å². The van der Waals surface area contributed by atoms with E-state index in [0.29, 0.717) is 6.54 Å². The summed E-state index contributed by atoms with van der Waals surface area (Å²) in [6.45, 7) is 8.24. The summed E-state index contributed by atoms with van der Waals surface area (Å²) in [6.07, 6.45) is 4.00. The molecule has 1 aromatic rings. The van der Waals surface area contributed by atoms with Gasteiger partial charge in [-0.3, -0.25) is 9.59 Å². The Morgan fingerprint density at radius 2 is 1.96 bits per heavy atom. The fourth-order valence-corrected chi connectivity index (χ4v) is 3.07. The van der Waals surface area contributed by atoms with Crippen LogP contribution >= 0.6 is 0 Å². The van der Waals surface area contributed by atoms with Gasteiger partial charge in [-0.1, -0.05) is 38.0 Å². The SMILES string of the molecule is CCCCCNC(=O)C(C)(C)C(=O)N1c2ccccc2CC1C. The van der Waals surface area contributed by atoms with Crippen LogP contribution in [0.15, 0.2) is 24.3 Å². The minimum Gasteiger partial charge on any atom is -0.355 e. The summed E-state index contributed by atoms with van der Waals surface area (Å²) in [5.41, 5.74) is 1.06. The maximum Gasteiger partial charge on any atom is 0.242 e. The minimum atomic E-state index is -1.06. The first-order chi connectivity index (χ1) is 10.9. The highest BCUT2D eigenvalue weighted by molar-refractivity contribution is 6.12. The van der Waals surface area contributed by atoms with Crippen molar-refractivity contribution in [1.29, 1.82) is 0 Å². The second-order valence-corrected chi connectivity index (χ2v) is 6.95. The van der Waals surface area contributed by atoms with Crippen LogP contribution in [-0.4, -0.2) is 24.4 Å². The van der Waals surface area contributed by atoms with Gasteiger partial charge in [-0.25, -0.2) is 0 Å². The standard InChI is InChI=1S/C19H28N2O2/c1-5-6-9-12-20-17(22)19(3,4)18(23)21-14(2)13-15-10-7-8-11-16(15)21/h7-8,10-11,14H,5-6,9,12-13H2,1-4H3,(H,20,22). The van der Waals surface area contributed by atoms with Crippen molar-refractivity contribution in [2.75, 3.05) is 11.4 Å². The maximum atomic E-state index is 13.0. The molecule has 23 heavy (non-hydrogen) atoms. The van der Waals surface area contributed by atoms with Crippen LogP contribution in [0.1, 0.15) is 52.5 Å². The first kappa shape index (κ1) is 17.5. The normalized spacial score (nSPS) is 17.0. The largest absolute Gasteiger partial charge is 0.355 e. The molecule has 1 aliphatic rings. The monoisotopic (exact) mass is 316 g/mol. The molecule has 4 nitrogen and oxygen atoms in total. The molecule has 1 unspecified atom stereocenters. The summed E-state index contributed by atoms with van der Waals surface area (Å²) >= 11 is 0. The van der Waals surface area contributed by atoms with Gasteiger partial charge in [-0.05, 0) is 45.2 Å². The van der Waals surface area contributed by atoms with Crippen LogP contribution in [0.2, 0.25) is 0 Å². The van der Waals surface area contributed by atoms with Gasteiger partial charge < -0.3 is 10.2 Å². The smallest absolute Gasteiger partial charge is 0.242 e. The van der Waals surface area contributed by atoms with Crippen molar-refractivity contribution in [2.24, 2.45) is 5.41 Å². The van der Waals surface area contributed by atoms with Gasteiger partial charge in [0.1, 0.15) is 5.41 Å². The highest BCUT2D eigenvalue weighted by atomic mass is 16.2. The summed E-state index contributed by atoms with van der Waals surface area (Å²) in [5, 5.41) is 2.91. The fraction of sp³-hybridized carbons (Fsp3) is 0.579. The molecule has 4 heteroatoms. The highest BCUT2D eigenvalue weighted by Crippen LogP contribution is 2.35. The molecule has 1 N–H and O–H groups in total. The number of benzene rings is 1. The average molecular weight is 316 g/mol. The number of fused-ring (bicyclic) bond motifs is 1. The van der Waals surface area contributed by atoms with E-state index in [1.54, 1.807) is 18.7 Å². The third kappa shape index (κ3) is 3.57. The number of carbonyl (C=O) groups is 2. The molecular formula is C19H28N2O2. The topological polar surface area (TPSA) is 49.4 Å². The zero-order chi connectivity index (χ0) is 17.0. The van der Waals surface area contributed by atoms with Crippen molar-refractivity contribution in [3.05, 3.63) is 29.8 Å².